The van der Waals surface area contributed by atoms with Crippen LogP contribution in [0.1, 0.15) is 16.8 Å². The number of hydrogen-bond acceptors (Lipinski definition) is 5. The van der Waals surface area contributed by atoms with Crippen molar-refractivity contribution < 1.29 is 14.3 Å². The molecule has 0 spiro atoms. The zero-order valence-corrected chi connectivity index (χ0v) is 15.4. The molecule has 6 nitrogen and oxygen atoms in total. The molecule has 1 aromatic carbocycles. The summed E-state index contributed by atoms with van der Waals surface area (Å²) < 4.78 is 11.3. The van der Waals surface area contributed by atoms with E-state index in [1.165, 1.54) is 0 Å². The summed E-state index contributed by atoms with van der Waals surface area (Å²) in [5.74, 6) is 0.726. The number of hydrogen-bond donors (Lipinski definition) is 0. The molecule has 1 aliphatic heterocycles. The first-order valence-corrected chi connectivity index (χ1v) is 8.75. The summed E-state index contributed by atoms with van der Waals surface area (Å²) in [6, 6.07) is 7.55. The van der Waals surface area contributed by atoms with Crippen LogP contribution in [0.15, 0.2) is 22.7 Å². The Bertz CT molecular complexity index is 595. The summed E-state index contributed by atoms with van der Waals surface area (Å²) in [6.45, 7) is 4.76. The zero-order valence-electron chi connectivity index (χ0n) is 13.8. The van der Waals surface area contributed by atoms with E-state index < -0.39 is 0 Å². The Hall–Kier alpha value is -1.62. The summed E-state index contributed by atoms with van der Waals surface area (Å²) in [5, 5.41) is 8.64. The molecule has 0 saturated carbocycles. The Kier molecular flexibility index (Phi) is 7.50. The van der Waals surface area contributed by atoms with E-state index in [2.05, 4.69) is 26.9 Å². The topological polar surface area (TPSA) is 65.8 Å². The molecule has 0 atom stereocenters. The van der Waals surface area contributed by atoms with Gasteiger partial charge >= 0.3 is 0 Å². The van der Waals surface area contributed by atoms with E-state index >= 15 is 0 Å². The third-order valence-electron chi connectivity index (χ3n) is 3.92. The summed E-state index contributed by atoms with van der Waals surface area (Å²) in [7, 11) is 1.63. The van der Waals surface area contributed by atoms with Crippen LogP contribution in [0, 0.1) is 11.3 Å². The van der Waals surface area contributed by atoms with Crippen molar-refractivity contribution in [3.8, 4) is 11.8 Å². The van der Waals surface area contributed by atoms with E-state index in [4.69, 9.17) is 14.7 Å². The average Bonchev–Trinajstić information content (AvgIpc) is 2.61. The van der Waals surface area contributed by atoms with Gasteiger partial charge in [-0.1, -0.05) is 0 Å². The SMILES string of the molecule is COCCOc1ccc(C(=O)N2CCN(CCC#N)CC2)cc1Br. The second-order valence-electron chi connectivity index (χ2n) is 5.53. The number of carbonyl (C=O) groups excluding carboxylic acids is 1. The van der Waals surface area contributed by atoms with Crippen LogP contribution in [0.3, 0.4) is 0 Å². The molecule has 1 heterocycles. The van der Waals surface area contributed by atoms with Crippen molar-refractivity contribution in [3.05, 3.63) is 28.2 Å². The Labute approximate surface area is 151 Å². The number of amides is 1. The van der Waals surface area contributed by atoms with Crippen LogP contribution < -0.4 is 4.74 Å². The predicted octanol–water partition coefficient (Wildman–Crippen LogP) is 2.15. The van der Waals surface area contributed by atoms with Crippen molar-refractivity contribution >= 4 is 21.8 Å². The highest BCUT2D eigenvalue weighted by atomic mass is 79.9. The first-order valence-electron chi connectivity index (χ1n) is 7.95. The third-order valence-corrected chi connectivity index (χ3v) is 4.54. The van der Waals surface area contributed by atoms with Crippen LogP contribution in [0.5, 0.6) is 5.75 Å². The van der Waals surface area contributed by atoms with E-state index in [9.17, 15) is 4.79 Å². The Morgan fingerprint density at radius 2 is 2.04 bits per heavy atom. The number of piperazine rings is 1. The molecule has 24 heavy (non-hydrogen) atoms. The van der Waals surface area contributed by atoms with Crippen LogP contribution in [0.4, 0.5) is 0 Å². The molecule has 0 N–H and O–H groups in total. The predicted molar refractivity (Wildman–Crippen MR) is 94.1 cm³/mol. The largest absolute Gasteiger partial charge is 0.490 e. The van der Waals surface area contributed by atoms with Crippen LogP contribution in [0.2, 0.25) is 0 Å². The third kappa shape index (κ3) is 5.20. The molecule has 1 fully saturated rings. The van der Waals surface area contributed by atoms with Crippen molar-refractivity contribution in [3.63, 3.8) is 0 Å². The van der Waals surface area contributed by atoms with E-state index in [-0.39, 0.29) is 5.91 Å². The van der Waals surface area contributed by atoms with E-state index in [1.54, 1.807) is 25.3 Å². The fraction of sp³-hybridized carbons (Fsp3) is 0.529. The highest BCUT2D eigenvalue weighted by molar-refractivity contribution is 9.10. The normalized spacial score (nSPS) is 15.1. The molecule has 0 aliphatic carbocycles. The van der Waals surface area contributed by atoms with E-state index in [0.717, 1.165) is 24.1 Å². The number of nitrogens with zero attached hydrogens (tertiary/aromatic N) is 3. The van der Waals surface area contributed by atoms with Gasteiger partial charge in [0.15, 0.2) is 0 Å². The number of nitriles is 1. The average molecular weight is 396 g/mol. The van der Waals surface area contributed by atoms with Gasteiger partial charge in [-0.2, -0.15) is 5.26 Å². The number of ether oxygens (including phenoxy) is 2. The first-order chi connectivity index (χ1) is 11.7. The van der Waals surface area contributed by atoms with Crippen molar-refractivity contribution in [2.45, 2.75) is 6.42 Å². The lowest BCUT2D eigenvalue weighted by Crippen LogP contribution is -2.48. The van der Waals surface area contributed by atoms with Gasteiger partial charge in [-0.3, -0.25) is 9.69 Å². The Morgan fingerprint density at radius 3 is 2.67 bits per heavy atom. The number of methoxy groups -OCH3 is 1. The van der Waals surface area contributed by atoms with Crippen molar-refractivity contribution in [2.24, 2.45) is 0 Å². The van der Waals surface area contributed by atoms with Gasteiger partial charge < -0.3 is 14.4 Å². The summed E-state index contributed by atoms with van der Waals surface area (Å²) in [5.41, 5.74) is 0.645. The highest BCUT2D eigenvalue weighted by Crippen LogP contribution is 2.26. The standard InChI is InChI=1S/C17H22BrN3O3/c1-23-11-12-24-16-4-3-14(13-15(16)18)17(22)21-9-7-20(8-10-21)6-2-5-19/h3-4,13H,2,6-12H2,1H3. The number of benzene rings is 1. The lowest BCUT2D eigenvalue weighted by molar-refractivity contribution is 0.0639. The van der Waals surface area contributed by atoms with Gasteiger partial charge in [0.1, 0.15) is 12.4 Å². The van der Waals surface area contributed by atoms with Crippen molar-refractivity contribution in [2.75, 3.05) is 53.0 Å². The molecule has 0 bridgehead atoms. The molecule has 7 heteroatoms. The Balaban J connectivity index is 1.91. The second kappa shape index (κ2) is 9.62. The van der Waals surface area contributed by atoms with Crippen LogP contribution >= 0.6 is 15.9 Å². The molecule has 130 valence electrons. The van der Waals surface area contributed by atoms with Crippen LogP contribution in [-0.4, -0.2) is 68.8 Å². The van der Waals surface area contributed by atoms with Gasteiger partial charge in [0.25, 0.3) is 5.91 Å². The Morgan fingerprint density at radius 1 is 1.29 bits per heavy atom. The molecular formula is C17H22BrN3O3. The molecule has 2 rings (SSSR count). The summed E-state index contributed by atoms with van der Waals surface area (Å²) in [4.78, 5) is 16.7. The maximum absolute atomic E-state index is 12.6. The maximum atomic E-state index is 12.6. The monoisotopic (exact) mass is 395 g/mol. The smallest absolute Gasteiger partial charge is 0.253 e. The van der Waals surface area contributed by atoms with Gasteiger partial charge in [-0.25, -0.2) is 0 Å². The maximum Gasteiger partial charge on any atom is 0.253 e. The minimum absolute atomic E-state index is 0.0269. The van der Waals surface area contributed by atoms with E-state index in [1.807, 2.05) is 4.90 Å². The van der Waals surface area contributed by atoms with Crippen molar-refractivity contribution in [1.82, 2.24) is 9.80 Å². The molecule has 0 radical (unpaired) electrons. The zero-order chi connectivity index (χ0) is 17.4. The van der Waals surface area contributed by atoms with Crippen LogP contribution in [0.25, 0.3) is 0 Å². The number of halogens is 1. The molecular weight excluding hydrogens is 374 g/mol. The van der Waals surface area contributed by atoms with Gasteiger partial charge in [0, 0.05) is 51.8 Å². The number of carbonyl (C=O) groups is 1. The van der Waals surface area contributed by atoms with Gasteiger partial charge in [0.05, 0.1) is 17.1 Å². The minimum Gasteiger partial charge on any atom is -0.490 e. The summed E-state index contributed by atoms with van der Waals surface area (Å²) >= 11 is 3.45. The molecule has 1 aliphatic rings. The molecule has 0 unspecified atom stereocenters. The summed E-state index contributed by atoms with van der Waals surface area (Å²) in [6.07, 6.45) is 0.533. The fourth-order valence-corrected chi connectivity index (χ4v) is 3.04. The quantitative estimate of drug-likeness (QED) is 0.661. The fourth-order valence-electron chi connectivity index (χ4n) is 2.55. The lowest BCUT2D eigenvalue weighted by Gasteiger charge is -2.34. The van der Waals surface area contributed by atoms with Gasteiger partial charge in [-0.15, -0.1) is 0 Å². The van der Waals surface area contributed by atoms with Gasteiger partial charge in [0.2, 0.25) is 0 Å². The second-order valence-corrected chi connectivity index (χ2v) is 6.38. The number of rotatable bonds is 7. The lowest BCUT2D eigenvalue weighted by atomic mass is 10.1. The van der Waals surface area contributed by atoms with Crippen LogP contribution in [-0.2, 0) is 4.74 Å². The minimum atomic E-state index is 0.0269. The van der Waals surface area contributed by atoms with E-state index in [0.29, 0.717) is 44.0 Å². The highest BCUT2D eigenvalue weighted by Gasteiger charge is 2.22. The molecule has 1 amide bonds. The first kappa shape index (κ1) is 18.7. The molecule has 1 saturated heterocycles. The molecule has 1 aromatic rings. The van der Waals surface area contributed by atoms with Gasteiger partial charge in [-0.05, 0) is 34.1 Å². The van der Waals surface area contributed by atoms with Crippen molar-refractivity contribution in [1.29, 1.82) is 5.26 Å². The molecule has 0 aromatic heterocycles.